The Morgan fingerprint density at radius 1 is 1.13 bits per heavy atom. The second-order valence-electron chi connectivity index (χ2n) is 5.10. The van der Waals surface area contributed by atoms with E-state index in [2.05, 4.69) is 28.6 Å². The fourth-order valence-electron chi connectivity index (χ4n) is 2.08. The van der Waals surface area contributed by atoms with Crippen molar-refractivity contribution in [2.45, 2.75) is 13.8 Å². The summed E-state index contributed by atoms with van der Waals surface area (Å²) in [6.07, 6.45) is 0. The van der Waals surface area contributed by atoms with E-state index >= 15 is 0 Å². The van der Waals surface area contributed by atoms with Crippen molar-refractivity contribution in [3.05, 3.63) is 51.5 Å². The van der Waals surface area contributed by atoms with Gasteiger partial charge < -0.3 is 5.32 Å². The number of thiazole rings is 1. The Bertz CT molecular complexity index is 869. The van der Waals surface area contributed by atoms with Gasteiger partial charge in [-0.25, -0.2) is 9.78 Å². The number of hydrogen-bond acceptors (Lipinski definition) is 3. The molecule has 1 heterocycles. The van der Waals surface area contributed by atoms with Crippen LogP contribution in [0.15, 0.2) is 30.3 Å². The molecule has 0 fully saturated rings. The number of benzene rings is 2. The summed E-state index contributed by atoms with van der Waals surface area (Å²) < 4.78 is 1.03. The van der Waals surface area contributed by atoms with E-state index in [0.717, 1.165) is 10.2 Å². The monoisotopic (exact) mass is 365 g/mol. The Morgan fingerprint density at radius 2 is 1.87 bits per heavy atom. The number of carbonyl (C=O) groups excluding carboxylic acids is 1. The molecule has 2 aromatic carbocycles. The molecule has 4 nitrogen and oxygen atoms in total. The van der Waals surface area contributed by atoms with Crippen LogP contribution in [0.5, 0.6) is 0 Å². The first kappa shape index (κ1) is 16.1. The van der Waals surface area contributed by atoms with Gasteiger partial charge in [0, 0.05) is 0 Å². The third-order valence-electron chi connectivity index (χ3n) is 3.42. The summed E-state index contributed by atoms with van der Waals surface area (Å²) in [4.78, 5) is 16.5. The molecular formula is C16H13Cl2N3OS. The summed E-state index contributed by atoms with van der Waals surface area (Å²) in [5.74, 6) is 0. The molecule has 0 saturated heterocycles. The summed E-state index contributed by atoms with van der Waals surface area (Å²) in [6, 6.07) is 8.72. The van der Waals surface area contributed by atoms with Gasteiger partial charge in [-0.2, -0.15) is 0 Å². The van der Waals surface area contributed by atoms with E-state index in [4.69, 9.17) is 23.2 Å². The lowest BCUT2D eigenvalue weighted by Crippen LogP contribution is -2.19. The van der Waals surface area contributed by atoms with Gasteiger partial charge in [0.15, 0.2) is 5.13 Å². The van der Waals surface area contributed by atoms with Crippen molar-refractivity contribution in [2.24, 2.45) is 0 Å². The Labute approximate surface area is 147 Å². The van der Waals surface area contributed by atoms with E-state index in [-0.39, 0.29) is 0 Å². The number of anilines is 2. The maximum Gasteiger partial charge on any atom is 0.325 e. The van der Waals surface area contributed by atoms with Crippen molar-refractivity contribution < 1.29 is 4.79 Å². The van der Waals surface area contributed by atoms with E-state index in [1.54, 1.807) is 18.2 Å². The molecule has 0 spiro atoms. The molecule has 0 unspecified atom stereocenters. The number of urea groups is 1. The molecule has 23 heavy (non-hydrogen) atoms. The van der Waals surface area contributed by atoms with E-state index in [9.17, 15) is 4.79 Å². The molecule has 118 valence electrons. The van der Waals surface area contributed by atoms with Crippen LogP contribution < -0.4 is 10.6 Å². The highest BCUT2D eigenvalue weighted by atomic mass is 35.5. The van der Waals surface area contributed by atoms with Crippen molar-refractivity contribution in [2.75, 3.05) is 10.6 Å². The van der Waals surface area contributed by atoms with Crippen LogP contribution in [0.25, 0.3) is 10.2 Å². The van der Waals surface area contributed by atoms with Gasteiger partial charge in [0.1, 0.15) is 0 Å². The Morgan fingerprint density at radius 3 is 2.65 bits per heavy atom. The molecule has 0 aliphatic rings. The average Bonchev–Trinajstić information content (AvgIpc) is 2.85. The normalized spacial score (nSPS) is 10.8. The number of carbonyl (C=O) groups is 1. The van der Waals surface area contributed by atoms with Gasteiger partial charge >= 0.3 is 6.03 Å². The minimum absolute atomic E-state index is 0.305. The highest BCUT2D eigenvalue weighted by molar-refractivity contribution is 7.22. The van der Waals surface area contributed by atoms with Crippen molar-refractivity contribution in [3.63, 3.8) is 0 Å². The zero-order chi connectivity index (χ0) is 16.6. The number of nitrogens with one attached hydrogen (secondary N) is 2. The summed E-state index contributed by atoms with van der Waals surface area (Å²) in [5.41, 5.74) is 3.69. The van der Waals surface area contributed by atoms with Crippen molar-refractivity contribution in [1.29, 1.82) is 0 Å². The number of rotatable bonds is 2. The van der Waals surface area contributed by atoms with E-state index in [0.29, 0.717) is 20.9 Å². The van der Waals surface area contributed by atoms with Crippen molar-refractivity contribution >= 4 is 61.6 Å². The average molecular weight is 366 g/mol. The number of fused-ring (bicyclic) bond motifs is 1. The summed E-state index contributed by atoms with van der Waals surface area (Å²) in [7, 11) is 0. The fourth-order valence-corrected chi connectivity index (χ4v) is 3.37. The van der Waals surface area contributed by atoms with Crippen molar-refractivity contribution in [1.82, 2.24) is 4.98 Å². The number of hydrogen-bond donors (Lipinski definition) is 2. The van der Waals surface area contributed by atoms with E-state index in [1.807, 2.05) is 13.0 Å². The quantitative estimate of drug-likeness (QED) is 0.596. The van der Waals surface area contributed by atoms with Crippen LogP contribution in [0.3, 0.4) is 0 Å². The number of aryl methyl sites for hydroxylation is 2. The molecule has 2 N–H and O–H groups in total. The van der Waals surface area contributed by atoms with Crippen LogP contribution in [0.2, 0.25) is 10.0 Å². The first-order valence-corrected chi connectivity index (χ1v) is 8.41. The van der Waals surface area contributed by atoms with Gasteiger partial charge in [-0.15, -0.1) is 0 Å². The van der Waals surface area contributed by atoms with Crippen LogP contribution in [-0.4, -0.2) is 11.0 Å². The van der Waals surface area contributed by atoms with Gasteiger partial charge in [0.25, 0.3) is 0 Å². The molecular weight excluding hydrogens is 353 g/mol. The van der Waals surface area contributed by atoms with Crippen LogP contribution in [-0.2, 0) is 0 Å². The number of aromatic nitrogens is 1. The van der Waals surface area contributed by atoms with Gasteiger partial charge in [0.05, 0.1) is 25.9 Å². The third-order valence-corrected chi connectivity index (χ3v) is 5.18. The van der Waals surface area contributed by atoms with E-state index in [1.165, 1.54) is 22.5 Å². The number of amides is 2. The molecule has 3 rings (SSSR count). The molecule has 0 aliphatic carbocycles. The van der Waals surface area contributed by atoms with Crippen LogP contribution in [0.1, 0.15) is 11.1 Å². The number of halogens is 2. The second-order valence-corrected chi connectivity index (χ2v) is 6.92. The Hall–Kier alpha value is -1.82. The van der Waals surface area contributed by atoms with Crippen molar-refractivity contribution in [3.8, 4) is 0 Å². The first-order valence-electron chi connectivity index (χ1n) is 6.84. The lowest BCUT2D eigenvalue weighted by atomic mass is 10.1. The summed E-state index contributed by atoms with van der Waals surface area (Å²) >= 11 is 13.4. The van der Waals surface area contributed by atoms with Gasteiger partial charge in [-0.3, -0.25) is 5.32 Å². The van der Waals surface area contributed by atoms with Crippen LogP contribution >= 0.6 is 34.5 Å². The maximum atomic E-state index is 12.1. The minimum Gasteiger partial charge on any atom is -0.306 e. The predicted octanol–water partition coefficient (Wildman–Crippen LogP) is 5.86. The highest BCUT2D eigenvalue weighted by Gasteiger charge is 2.11. The smallest absolute Gasteiger partial charge is 0.306 e. The zero-order valence-electron chi connectivity index (χ0n) is 12.4. The summed E-state index contributed by atoms with van der Waals surface area (Å²) in [6.45, 7) is 4.09. The lowest BCUT2D eigenvalue weighted by molar-refractivity contribution is 0.262. The van der Waals surface area contributed by atoms with E-state index < -0.39 is 6.03 Å². The summed E-state index contributed by atoms with van der Waals surface area (Å²) in [5, 5.41) is 6.61. The highest BCUT2D eigenvalue weighted by Crippen LogP contribution is 2.31. The largest absolute Gasteiger partial charge is 0.325 e. The standard InChI is InChI=1S/C16H13Cl2N3OS/c1-8-6-12-13(7-9(8)2)23-16(20-12)21-15(22)19-11-5-3-4-10(17)14(11)18/h3-7H,1-2H3,(H2,19,20,21,22). The molecule has 0 bridgehead atoms. The topological polar surface area (TPSA) is 54.0 Å². The molecule has 3 aromatic rings. The van der Waals surface area contributed by atoms with Gasteiger partial charge in [0.2, 0.25) is 0 Å². The molecule has 1 aromatic heterocycles. The SMILES string of the molecule is Cc1cc2nc(NC(=O)Nc3cccc(Cl)c3Cl)sc2cc1C. The lowest BCUT2D eigenvalue weighted by Gasteiger charge is -2.07. The molecule has 0 radical (unpaired) electrons. The second kappa shape index (κ2) is 6.35. The predicted molar refractivity (Wildman–Crippen MR) is 98.2 cm³/mol. The molecule has 7 heteroatoms. The third kappa shape index (κ3) is 3.42. The number of nitrogens with zero attached hydrogens (tertiary/aromatic N) is 1. The van der Waals surface area contributed by atoms with Crippen LogP contribution in [0, 0.1) is 13.8 Å². The molecule has 0 aliphatic heterocycles. The molecule has 0 saturated carbocycles. The fraction of sp³-hybridized carbons (Fsp3) is 0.125. The molecule has 2 amide bonds. The first-order chi connectivity index (χ1) is 10.9. The maximum absolute atomic E-state index is 12.1. The van der Waals surface area contributed by atoms with Gasteiger partial charge in [-0.1, -0.05) is 40.6 Å². The Balaban J connectivity index is 1.79. The van der Waals surface area contributed by atoms with Crippen LogP contribution in [0.4, 0.5) is 15.6 Å². The zero-order valence-corrected chi connectivity index (χ0v) is 14.7. The molecule has 0 atom stereocenters. The van der Waals surface area contributed by atoms with Gasteiger partial charge in [-0.05, 0) is 49.2 Å². The Kier molecular flexibility index (Phi) is 4.43. The minimum atomic E-state index is -0.415.